The van der Waals surface area contributed by atoms with E-state index in [-0.39, 0.29) is 0 Å². The molecule has 1 unspecified atom stereocenters. The minimum absolute atomic E-state index is 0.718. The first kappa shape index (κ1) is 14.5. The van der Waals surface area contributed by atoms with Gasteiger partial charge in [0.15, 0.2) is 0 Å². The fraction of sp³-hybridized carbons (Fsp3) is 0.923. The number of alkyl halides is 1. The highest BCUT2D eigenvalue weighted by Crippen LogP contribution is 2.17. The molecule has 0 aromatic heterocycles. The summed E-state index contributed by atoms with van der Waals surface area (Å²) in [5, 5.41) is 0. The molecule has 0 fully saturated rings. The van der Waals surface area contributed by atoms with Crippen molar-refractivity contribution in [3.63, 3.8) is 0 Å². The SMILES string of the molecule is [CH2]CCC(Br)CCCCCCCCC. The van der Waals surface area contributed by atoms with Crippen LogP contribution < -0.4 is 0 Å². The van der Waals surface area contributed by atoms with Crippen LogP contribution in [0.25, 0.3) is 0 Å². The third-order valence-corrected chi connectivity index (χ3v) is 3.55. The second-order valence-electron chi connectivity index (χ2n) is 4.15. The van der Waals surface area contributed by atoms with E-state index in [0.717, 1.165) is 11.2 Å². The average Bonchev–Trinajstić information content (AvgIpc) is 2.17. The van der Waals surface area contributed by atoms with Crippen molar-refractivity contribution < 1.29 is 0 Å². The number of hydrogen-bond donors (Lipinski definition) is 0. The van der Waals surface area contributed by atoms with Crippen LogP contribution in [0.1, 0.15) is 71.1 Å². The Balaban J connectivity index is 2.98. The Morgan fingerprint density at radius 3 is 2.07 bits per heavy atom. The third-order valence-electron chi connectivity index (χ3n) is 2.64. The number of hydrogen-bond acceptors (Lipinski definition) is 0. The predicted molar refractivity (Wildman–Crippen MR) is 69.9 cm³/mol. The normalized spacial score (nSPS) is 13.1. The zero-order valence-electron chi connectivity index (χ0n) is 9.73. The van der Waals surface area contributed by atoms with E-state index in [9.17, 15) is 0 Å². The summed E-state index contributed by atoms with van der Waals surface area (Å²) in [5.74, 6) is 0. The van der Waals surface area contributed by atoms with Crippen LogP contribution in [0.5, 0.6) is 0 Å². The summed E-state index contributed by atoms with van der Waals surface area (Å²) in [6.07, 6.45) is 13.5. The van der Waals surface area contributed by atoms with E-state index in [0.29, 0.717) is 0 Å². The summed E-state index contributed by atoms with van der Waals surface area (Å²) in [6.45, 7) is 6.15. The number of halogens is 1. The highest BCUT2D eigenvalue weighted by molar-refractivity contribution is 9.09. The third kappa shape index (κ3) is 10.6. The van der Waals surface area contributed by atoms with Crippen LogP contribution in [0, 0.1) is 6.92 Å². The summed E-state index contributed by atoms with van der Waals surface area (Å²) in [6, 6.07) is 0. The molecular weight excluding hydrogens is 236 g/mol. The maximum absolute atomic E-state index is 3.87. The van der Waals surface area contributed by atoms with E-state index in [1.165, 1.54) is 57.8 Å². The Kier molecular flexibility index (Phi) is 12.0. The molecule has 0 saturated heterocycles. The van der Waals surface area contributed by atoms with Crippen LogP contribution in [0.2, 0.25) is 0 Å². The van der Waals surface area contributed by atoms with Gasteiger partial charge in [-0.2, -0.15) is 0 Å². The van der Waals surface area contributed by atoms with Gasteiger partial charge in [-0.3, -0.25) is 0 Å². The van der Waals surface area contributed by atoms with E-state index in [1.807, 2.05) is 0 Å². The molecule has 14 heavy (non-hydrogen) atoms. The minimum atomic E-state index is 0.718. The van der Waals surface area contributed by atoms with Gasteiger partial charge in [0.05, 0.1) is 0 Å². The molecule has 0 aliphatic rings. The van der Waals surface area contributed by atoms with Crippen molar-refractivity contribution in [2.75, 3.05) is 0 Å². The molecule has 0 aliphatic carbocycles. The fourth-order valence-electron chi connectivity index (χ4n) is 1.69. The molecule has 0 nitrogen and oxygen atoms in total. The molecule has 0 heterocycles. The topological polar surface area (TPSA) is 0 Å². The van der Waals surface area contributed by atoms with Crippen LogP contribution in [0.15, 0.2) is 0 Å². The number of rotatable bonds is 10. The first-order valence-electron chi connectivity index (χ1n) is 6.24. The van der Waals surface area contributed by atoms with Crippen molar-refractivity contribution in [2.24, 2.45) is 0 Å². The highest BCUT2D eigenvalue weighted by atomic mass is 79.9. The van der Waals surface area contributed by atoms with Crippen molar-refractivity contribution >= 4 is 15.9 Å². The smallest absolute Gasteiger partial charge is 0.0145 e. The summed E-state index contributed by atoms with van der Waals surface area (Å²) < 4.78 is 0. The van der Waals surface area contributed by atoms with Gasteiger partial charge in [-0.15, -0.1) is 0 Å². The van der Waals surface area contributed by atoms with Gasteiger partial charge in [0, 0.05) is 4.83 Å². The van der Waals surface area contributed by atoms with Crippen molar-refractivity contribution in [1.82, 2.24) is 0 Å². The summed E-state index contributed by atoms with van der Waals surface area (Å²) in [5.41, 5.74) is 0. The van der Waals surface area contributed by atoms with Crippen molar-refractivity contribution in [1.29, 1.82) is 0 Å². The Morgan fingerprint density at radius 2 is 1.50 bits per heavy atom. The van der Waals surface area contributed by atoms with E-state index in [4.69, 9.17) is 0 Å². The van der Waals surface area contributed by atoms with Gasteiger partial charge in [0.2, 0.25) is 0 Å². The predicted octanol–water partition coefficient (Wildman–Crippen LogP) is 5.50. The van der Waals surface area contributed by atoms with Gasteiger partial charge >= 0.3 is 0 Å². The van der Waals surface area contributed by atoms with Crippen LogP contribution in [0.3, 0.4) is 0 Å². The lowest BCUT2D eigenvalue weighted by molar-refractivity contribution is 0.565. The van der Waals surface area contributed by atoms with Crippen LogP contribution in [0.4, 0.5) is 0 Å². The number of unbranched alkanes of at least 4 members (excludes halogenated alkanes) is 6. The van der Waals surface area contributed by atoms with E-state index < -0.39 is 0 Å². The van der Waals surface area contributed by atoms with E-state index >= 15 is 0 Å². The van der Waals surface area contributed by atoms with Gasteiger partial charge in [0.25, 0.3) is 0 Å². The second kappa shape index (κ2) is 11.6. The summed E-state index contributed by atoms with van der Waals surface area (Å²) in [7, 11) is 0. The van der Waals surface area contributed by atoms with Gasteiger partial charge in [-0.25, -0.2) is 0 Å². The first-order valence-corrected chi connectivity index (χ1v) is 7.16. The van der Waals surface area contributed by atoms with Crippen molar-refractivity contribution in [3.05, 3.63) is 6.92 Å². The zero-order valence-corrected chi connectivity index (χ0v) is 11.3. The van der Waals surface area contributed by atoms with Crippen LogP contribution in [-0.4, -0.2) is 4.83 Å². The molecule has 1 radical (unpaired) electrons. The molecule has 0 amide bonds. The first-order chi connectivity index (χ1) is 6.81. The van der Waals surface area contributed by atoms with Gasteiger partial charge in [0.1, 0.15) is 0 Å². The summed E-state index contributed by atoms with van der Waals surface area (Å²) in [4.78, 5) is 0.718. The van der Waals surface area contributed by atoms with Gasteiger partial charge in [-0.05, 0) is 12.8 Å². The van der Waals surface area contributed by atoms with Crippen molar-refractivity contribution in [3.8, 4) is 0 Å². The highest BCUT2D eigenvalue weighted by Gasteiger charge is 2.01. The standard InChI is InChI=1S/C13H26Br/c1-3-5-6-7-8-9-10-12-13(14)11-4-2/h13H,2-12H2,1H3. The Bertz CT molecular complexity index is 101. The lowest BCUT2D eigenvalue weighted by Gasteiger charge is -2.07. The summed E-state index contributed by atoms with van der Waals surface area (Å²) >= 11 is 3.69. The molecule has 1 atom stereocenters. The van der Waals surface area contributed by atoms with Crippen LogP contribution >= 0.6 is 15.9 Å². The minimum Gasteiger partial charge on any atom is -0.0891 e. The maximum Gasteiger partial charge on any atom is 0.0145 e. The lowest BCUT2D eigenvalue weighted by atomic mass is 10.1. The molecule has 1 heteroatoms. The Hall–Kier alpha value is 0.480. The largest absolute Gasteiger partial charge is 0.0891 e. The second-order valence-corrected chi connectivity index (χ2v) is 5.44. The molecule has 0 spiro atoms. The molecule has 0 rings (SSSR count). The molecule has 0 saturated carbocycles. The van der Waals surface area contributed by atoms with Crippen molar-refractivity contribution in [2.45, 2.75) is 76.0 Å². The fourth-order valence-corrected chi connectivity index (χ4v) is 2.34. The molecule has 0 aromatic carbocycles. The molecule has 0 bridgehead atoms. The lowest BCUT2D eigenvalue weighted by Crippen LogP contribution is -1.96. The quantitative estimate of drug-likeness (QED) is 0.360. The van der Waals surface area contributed by atoms with E-state index in [1.54, 1.807) is 0 Å². The molecule has 0 N–H and O–H groups in total. The average molecular weight is 262 g/mol. The Labute approximate surface area is 99.0 Å². The zero-order chi connectivity index (χ0) is 10.6. The monoisotopic (exact) mass is 261 g/mol. The molecule has 85 valence electrons. The molecular formula is C13H26Br. The molecule has 0 aromatic rings. The van der Waals surface area contributed by atoms with E-state index in [2.05, 4.69) is 29.8 Å². The maximum atomic E-state index is 3.87. The van der Waals surface area contributed by atoms with Gasteiger partial charge < -0.3 is 0 Å². The molecule has 0 aliphatic heterocycles. The van der Waals surface area contributed by atoms with Gasteiger partial charge in [-0.1, -0.05) is 81.1 Å². The van der Waals surface area contributed by atoms with Crippen LogP contribution in [-0.2, 0) is 0 Å². The Morgan fingerprint density at radius 1 is 0.929 bits per heavy atom.